The summed E-state index contributed by atoms with van der Waals surface area (Å²) in [6.07, 6.45) is 0. The van der Waals surface area contributed by atoms with Crippen LogP contribution in [0.25, 0.3) is 0 Å². The van der Waals surface area contributed by atoms with E-state index in [0.717, 1.165) is 22.0 Å². The molecule has 18 heavy (non-hydrogen) atoms. The van der Waals surface area contributed by atoms with Crippen molar-refractivity contribution in [3.05, 3.63) is 58.1 Å². The Bertz CT molecular complexity index is 526. The average molecular weight is 282 g/mol. The molecule has 0 saturated carbocycles. The van der Waals surface area contributed by atoms with Crippen LogP contribution in [0.2, 0.25) is 10.0 Å². The van der Waals surface area contributed by atoms with Crippen LogP contribution in [0.1, 0.15) is 5.56 Å². The number of ether oxygens (including phenoxy) is 1. The van der Waals surface area contributed by atoms with E-state index in [-0.39, 0.29) is 0 Å². The number of rotatable bonds is 4. The highest BCUT2D eigenvalue weighted by Crippen LogP contribution is 2.28. The van der Waals surface area contributed by atoms with Crippen molar-refractivity contribution < 1.29 is 4.74 Å². The third-order valence-electron chi connectivity index (χ3n) is 2.56. The second kappa shape index (κ2) is 5.98. The van der Waals surface area contributed by atoms with Gasteiger partial charge in [0.05, 0.1) is 12.8 Å². The van der Waals surface area contributed by atoms with Gasteiger partial charge in [0.1, 0.15) is 5.75 Å². The Labute approximate surface area is 116 Å². The molecule has 0 spiro atoms. The van der Waals surface area contributed by atoms with Crippen molar-refractivity contribution in [3.63, 3.8) is 0 Å². The standard InChI is InChI=1S/C14H13Cl2NO/c1-18-14-7-6-12(16)8-13(14)17-9-10-2-4-11(15)5-3-10/h2-8,17H,9H2,1H3. The van der Waals surface area contributed by atoms with E-state index in [1.165, 1.54) is 0 Å². The summed E-state index contributed by atoms with van der Waals surface area (Å²) in [4.78, 5) is 0. The summed E-state index contributed by atoms with van der Waals surface area (Å²) < 4.78 is 5.27. The smallest absolute Gasteiger partial charge is 0.142 e. The molecule has 2 aromatic rings. The average Bonchev–Trinajstić information content (AvgIpc) is 2.38. The highest BCUT2D eigenvalue weighted by molar-refractivity contribution is 6.31. The first-order valence-electron chi connectivity index (χ1n) is 5.51. The summed E-state index contributed by atoms with van der Waals surface area (Å²) in [7, 11) is 1.64. The van der Waals surface area contributed by atoms with E-state index in [0.29, 0.717) is 11.6 Å². The number of benzene rings is 2. The molecule has 2 rings (SSSR count). The molecule has 0 unspecified atom stereocenters. The maximum Gasteiger partial charge on any atom is 0.142 e. The van der Waals surface area contributed by atoms with Crippen LogP contribution in [0.4, 0.5) is 5.69 Å². The fourth-order valence-corrected chi connectivity index (χ4v) is 1.92. The van der Waals surface area contributed by atoms with Crippen molar-refractivity contribution >= 4 is 28.9 Å². The molecule has 2 aromatic carbocycles. The van der Waals surface area contributed by atoms with E-state index >= 15 is 0 Å². The maximum absolute atomic E-state index is 5.96. The molecule has 0 fully saturated rings. The summed E-state index contributed by atoms with van der Waals surface area (Å²) in [5, 5.41) is 4.70. The van der Waals surface area contributed by atoms with E-state index < -0.39 is 0 Å². The Hall–Kier alpha value is -1.38. The van der Waals surface area contributed by atoms with Gasteiger partial charge in [0.15, 0.2) is 0 Å². The molecule has 4 heteroatoms. The highest BCUT2D eigenvalue weighted by Gasteiger charge is 2.03. The van der Waals surface area contributed by atoms with Crippen LogP contribution < -0.4 is 10.1 Å². The fraction of sp³-hybridized carbons (Fsp3) is 0.143. The monoisotopic (exact) mass is 281 g/mol. The predicted molar refractivity (Wildman–Crippen MR) is 76.8 cm³/mol. The van der Waals surface area contributed by atoms with E-state index in [1.807, 2.05) is 36.4 Å². The molecular weight excluding hydrogens is 269 g/mol. The first-order valence-corrected chi connectivity index (χ1v) is 6.26. The Morgan fingerprint density at radius 3 is 2.33 bits per heavy atom. The van der Waals surface area contributed by atoms with Crippen molar-refractivity contribution in [2.45, 2.75) is 6.54 Å². The van der Waals surface area contributed by atoms with Gasteiger partial charge >= 0.3 is 0 Å². The quantitative estimate of drug-likeness (QED) is 0.883. The zero-order valence-corrected chi connectivity index (χ0v) is 11.4. The third-order valence-corrected chi connectivity index (χ3v) is 3.04. The van der Waals surface area contributed by atoms with Crippen LogP contribution in [-0.2, 0) is 6.54 Å². The molecular formula is C14H13Cl2NO. The Morgan fingerprint density at radius 1 is 1.00 bits per heavy atom. The van der Waals surface area contributed by atoms with Crippen LogP contribution in [0.5, 0.6) is 5.75 Å². The van der Waals surface area contributed by atoms with Crippen molar-refractivity contribution in [2.75, 3.05) is 12.4 Å². The first kappa shape index (κ1) is 13.1. The molecule has 0 aromatic heterocycles. The van der Waals surface area contributed by atoms with Crippen LogP contribution >= 0.6 is 23.2 Å². The number of nitrogens with one attached hydrogen (secondary N) is 1. The molecule has 0 saturated heterocycles. The van der Waals surface area contributed by atoms with Crippen molar-refractivity contribution in [1.29, 1.82) is 0 Å². The number of halogens is 2. The van der Waals surface area contributed by atoms with Gasteiger partial charge in [-0.15, -0.1) is 0 Å². The normalized spacial score (nSPS) is 10.2. The summed E-state index contributed by atoms with van der Waals surface area (Å²) >= 11 is 11.8. The SMILES string of the molecule is COc1ccc(Cl)cc1NCc1ccc(Cl)cc1. The van der Waals surface area contributed by atoms with Crippen LogP contribution in [0.3, 0.4) is 0 Å². The van der Waals surface area contributed by atoms with Crippen LogP contribution in [0, 0.1) is 0 Å². The lowest BCUT2D eigenvalue weighted by molar-refractivity contribution is 0.416. The minimum Gasteiger partial charge on any atom is -0.495 e. The molecule has 0 radical (unpaired) electrons. The van der Waals surface area contributed by atoms with Crippen molar-refractivity contribution in [3.8, 4) is 5.75 Å². The predicted octanol–water partition coefficient (Wildman–Crippen LogP) is 4.61. The maximum atomic E-state index is 5.96. The number of hydrogen-bond acceptors (Lipinski definition) is 2. The number of hydrogen-bond donors (Lipinski definition) is 1. The lowest BCUT2D eigenvalue weighted by atomic mass is 10.2. The molecule has 0 bridgehead atoms. The van der Waals surface area contributed by atoms with Crippen molar-refractivity contribution in [2.24, 2.45) is 0 Å². The second-order valence-corrected chi connectivity index (χ2v) is 4.70. The molecule has 0 heterocycles. The van der Waals surface area contributed by atoms with Gasteiger partial charge in [-0.3, -0.25) is 0 Å². The fourth-order valence-electron chi connectivity index (χ4n) is 1.62. The van der Waals surface area contributed by atoms with E-state index in [2.05, 4.69) is 5.32 Å². The van der Waals surface area contributed by atoms with Gasteiger partial charge in [0.25, 0.3) is 0 Å². The Balaban J connectivity index is 2.09. The lowest BCUT2D eigenvalue weighted by Gasteiger charge is -2.11. The molecule has 0 aliphatic rings. The Morgan fingerprint density at radius 2 is 1.67 bits per heavy atom. The molecule has 0 amide bonds. The van der Waals surface area contributed by atoms with Crippen LogP contribution in [0.15, 0.2) is 42.5 Å². The zero-order valence-electron chi connectivity index (χ0n) is 9.91. The van der Waals surface area contributed by atoms with E-state index in [9.17, 15) is 0 Å². The third kappa shape index (κ3) is 3.31. The van der Waals surface area contributed by atoms with Gasteiger partial charge in [-0.25, -0.2) is 0 Å². The van der Waals surface area contributed by atoms with Crippen molar-refractivity contribution in [1.82, 2.24) is 0 Å². The summed E-state index contributed by atoms with van der Waals surface area (Å²) in [5.74, 6) is 0.772. The highest BCUT2D eigenvalue weighted by atomic mass is 35.5. The van der Waals surface area contributed by atoms with Gasteiger partial charge < -0.3 is 10.1 Å². The van der Waals surface area contributed by atoms with Crippen LogP contribution in [-0.4, -0.2) is 7.11 Å². The van der Waals surface area contributed by atoms with Gasteiger partial charge in [-0.05, 0) is 35.9 Å². The largest absolute Gasteiger partial charge is 0.495 e. The second-order valence-electron chi connectivity index (χ2n) is 3.82. The number of methoxy groups -OCH3 is 1. The molecule has 1 N–H and O–H groups in total. The molecule has 0 aliphatic carbocycles. The van der Waals surface area contributed by atoms with Gasteiger partial charge in [-0.2, -0.15) is 0 Å². The molecule has 0 atom stereocenters. The topological polar surface area (TPSA) is 21.3 Å². The molecule has 94 valence electrons. The molecule has 0 aliphatic heterocycles. The number of anilines is 1. The minimum absolute atomic E-state index is 0.675. The van der Waals surface area contributed by atoms with E-state index in [4.69, 9.17) is 27.9 Å². The summed E-state index contributed by atoms with van der Waals surface area (Å²) in [6.45, 7) is 0.688. The van der Waals surface area contributed by atoms with E-state index in [1.54, 1.807) is 13.2 Å². The minimum atomic E-state index is 0.675. The summed E-state index contributed by atoms with van der Waals surface area (Å²) in [5.41, 5.74) is 2.02. The Kier molecular flexibility index (Phi) is 4.34. The summed E-state index contributed by atoms with van der Waals surface area (Å²) in [6, 6.07) is 13.2. The molecule has 2 nitrogen and oxygen atoms in total. The lowest BCUT2D eigenvalue weighted by Crippen LogP contribution is -2.01. The van der Waals surface area contributed by atoms with Gasteiger partial charge in [0.2, 0.25) is 0 Å². The van der Waals surface area contributed by atoms with Gasteiger partial charge in [-0.1, -0.05) is 35.3 Å². The van der Waals surface area contributed by atoms with Gasteiger partial charge in [0, 0.05) is 16.6 Å². The zero-order chi connectivity index (χ0) is 13.0. The first-order chi connectivity index (χ1) is 8.69.